The zero-order valence-corrected chi connectivity index (χ0v) is 13.0. The number of rotatable bonds is 3. The number of carboxylic acids is 1. The van der Waals surface area contributed by atoms with Crippen LogP contribution in [0.1, 0.15) is 31.7 Å². The van der Waals surface area contributed by atoms with Crippen molar-refractivity contribution in [2.24, 2.45) is 0 Å². The lowest BCUT2D eigenvalue weighted by molar-refractivity contribution is -0.170. The molecule has 0 aromatic heterocycles. The number of hydrogen-bond donors (Lipinski definition) is 1. The van der Waals surface area contributed by atoms with Crippen molar-refractivity contribution < 1.29 is 14.7 Å². The molecule has 1 aromatic rings. The van der Waals surface area contributed by atoms with E-state index in [9.17, 15) is 14.7 Å². The van der Waals surface area contributed by atoms with Gasteiger partial charge in [-0.05, 0) is 43.9 Å². The molecule has 1 N–H and O–H groups in total. The minimum absolute atomic E-state index is 0.136. The van der Waals surface area contributed by atoms with Crippen molar-refractivity contribution >= 4 is 35.1 Å². The molecule has 1 saturated heterocycles. The van der Waals surface area contributed by atoms with Crippen LogP contribution in [-0.2, 0) is 15.0 Å². The second-order valence-electron chi connectivity index (χ2n) is 5.99. The van der Waals surface area contributed by atoms with Gasteiger partial charge in [0.1, 0.15) is 5.54 Å². The van der Waals surface area contributed by atoms with Crippen LogP contribution in [0.15, 0.2) is 18.2 Å². The molecule has 2 fully saturated rings. The van der Waals surface area contributed by atoms with Crippen LogP contribution >= 0.6 is 23.2 Å². The van der Waals surface area contributed by atoms with E-state index in [1.54, 1.807) is 25.1 Å². The van der Waals surface area contributed by atoms with Crippen molar-refractivity contribution in [3.8, 4) is 0 Å². The van der Waals surface area contributed by atoms with E-state index in [-0.39, 0.29) is 5.91 Å². The smallest absolute Gasteiger partial charge is 0.329 e. The Labute approximate surface area is 132 Å². The van der Waals surface area contributed by atoms with Gasteiger partial charge in [-0.1, -0.05) is 29.3 Å². The van der Waals surface area contributed by atoms with E-state index in [4.69, 9.17) is 23.2 Å². The molecule has 1 heterocycles. The van der Waals surface area contributed by atoms with Crippen LogP contribution in [-0.4, -0.2) is 34.0 Å². The number of benzene rings is 1. The average molecular weight is 328 g/mol. The monoisotopic (exact) mass is 327 g/mol. The van der Waals surface area contributed by atoms with Gasteiger partial charge < -0.3 is 10.0 Å². The van der Waals surface area contributed by atoms with Crippen molar-refractivity contribution in [2.45, 2.75) is 37.1 Å². The summed E-state index contributed by atoms with van der Waals surface area (Å²) in [5.41, 5.74) is -1.01. The van der Waals surface area contributed by atoms with E-state index < -0.39 is 16.9 Å². The van der Waals surface area contributed by atoms with Crippen LogP contribution < -0.4 is 0 Å². The summed E-state index contributed by atoms with van der Waals surface area (Å²) in [5, 5.41) is 10.3. The summed E-state index contributed by atoms with van der Waals surface area (Å²) < 4.78 is 0. The lowest BCUT2D eigenvalue weighted by atomic mass is 9.83. The van der Waals surface area contributed by atoms with Crippen molar-refractivity contribution in [1.82, 2.24) is 4.90 Å². The zero-order valence-electron chi connectivity index (χ0n) is 11.5. The van der Waals surface area contributed by atoms with Crippen LogP contribution in [0.25, 0.3) is 0 Å². The number of amides is 1. The lowest BCUT2D eigenvalue weighted by Crippen LogP contribution is -2.66. The number of likely N-dealkylation sites (tertiary alicyclic amines) is 1. The summed E-state index contributed by atoms with van der Waals surface area (Å²) in [5.74, 6) is -1.09. The first-order chi connectivity index (χ1) is 9.81. The molecule has 4 nitrogen and oxygen atoms in total. The van der Waals surface area contributed by atoms with Gasteiger partial charge >= 0.3 is 5.97 Å². The van der Waals surface area contributed by atoms with E-state index in [2.05, 4.69) is 0 Å². The molecule has 1 saturated carbocycles. The Balaban J connectivity index is 1.93. The largest absolute Gasteiger partial charge is 0.480 e. The van der Waals surface area contributed by atoms with Crippen molar-refractivity contribution in [2.75, 3.05) is 6.54 Å². The molecule has 0 bridgehead atoms. The SMILES string of the molecule is CC1(C(=O)O)CCN1C(=O)C1(c2ccc(Cl)cc2Cl)CC1. The zero-order chi connectivity index (χ0) is 15.4. The predicted molar refractivity (Wildman–Crippen MR) is 79.7 cm³/mol. The Kier molecular flexibility index (Phi) is 3.22. The first-order valence-electron chi connectivity index (χ1n) is 6.82. The average Bonchev–Trinajstić information content (AvgIpc) is 3.17. The Morgan fingerprint density at radius 2 is 1.90 bits per heavy atom. The maximum absolute atomic E-state index is 12.8. The first kappa shape index (κ1) is 14.7. The Morgan fingerprint density at radius 3 is 2.33 bits per heavy atom. The molecule has 0 radical (unpaired) electrons. The normalized spacial score (nSPS) is 26.1. The third-order valence-electron chi connectivity index (χ3n) is 4.73. The van der Waals surface area contributed by atoms with E-state index in [1.807, 2.05) is 0 Å². The summed E-state index contributed by atoms with van der Waals surface area (Å²) in [7, 11) is 0. The molecular formula is C15H15Cl2NO3. The topological polar surface area (TPSA) is 57.6 Å². The number of carboxylic acid groups (broad SMARTS) is 1. The van der Waals surface area contributed by atoms with E-state index in [1.165, 1.54) is 4.90 Å². The minimum atomic E-state index is -1.09. The van der Waals surface area contributed by atoms with Gasteiger partial charge in [-0.2, -0.15) is 0 Å². The molecule has 21 heavy (non-hydrogen) atoms. The van der Waals surface area contributed by atoms with Gasteiger partial charge in [-0.25, -0.2) is 4.79 Å². The number of halogens is 2. The number of aliphatic carboxylic acids is 1. The summed E-state index contributed by atoms with van der Waals surface area (Å²) in [4.78, 5) is 25.7. The third-order valence-corrected chi connectivity index (χ3v) is 5.28. The molecule has 1 amide bonds. The fourth-order valence-corrected chi connectivity index (χ4v) is 3.56. The fourth-order valence-electron chi connectivity index (χ4n) is 2.97. The van der Waals surface area contributed by atoms with Gasteiger partial charge in [0.2, 0.25) is 5.91 Å². The fraction of sp³-hybridized carbons (Fsp3) is 0.467. The van der Waals surface area contributed by atoms with Crippen molar-refractivity contribution in [3.63, 3.8) is 0 Å². The van der Waals surface area contributed by atoms with Crippen LogP contribution in [0.4, 0.5) is 0 Å². The highest BCUT2D eigenvalue weighted by molar-refractivity contribution is 6.35. The van der Waals surface area contributed by atoms with Crippen molar-refractivity contribution in [3.05, 3.63) is 33.8 Å². The maximum atomic E-state index is 12.8. The van der Waals surface area contributed by atoms with E-state index >= 15 is 0 Å². The Hall–Kier alpha value is -1.26. The molecule has 6 heteroatoms. The highest BCUT2D eigenvalue weighted by Crippen LogP contribution is 2.53. The molecular weight excluding hydrogens is 313 g/mol. The van der Waals surface area contributed by atoms with E-state index in [0.29, 0.717) is 35.9 Å². The van der Waals surface area contributed by atoms with Crippen LogP contribution in [0.2, 0.25) is 10.0 Å². The van der Waals surface area contributed by atoms with Gasteiger partial charge in [0, 0.05) is 16.6 Å². The number of nitrogens with zero attached hydrogens (tertiary/aromatic N) is 1. The summed E-state index contributed by atoms with van der Waals surface area (Å²) in [6.07, 6.45) is 1.87. The number of carbonyl (C=O) groups is 2. The molecule has 1 unspecified atom stereocenters. The van der Waals surface area contributed by atoms with Crippen LogP contribution in [0.5, 0.6) is 0 Å². The van der Waals surface area contributed by atoms with Crippen molar-refractivity contribution in [1.29, 1.82) is 0 Å². The summed E-state index contributed by atoms with van der Waals surface area (Å²) >= 11 is 12.1. The van der Waals surface area contributed by atoms with E-state index in [0.717, 1.165) is 5.56 Å². The highest BCUT2D eigenvalue weighted by atomic mass is 35.5. The second-order valence-corrected chi connectivity index (χ2v) is 6.84. The van der Waals surface area contributed by atoms with Gasteiger partial charge in [0.25, 0.3) is 0 Å². The summed E-state index contributed by atoms with van der Waals surface area (Å²) in [6.45, 7) is 2.07. The number of hydrogen-bond acceptors (Lipinski definition) is 2. The predicted octanol–water partition coefficient (Wildman–Crippen LogP) is 3.10. The third kappa shape index (κ3) is 2.04. The summed E-state index contributed by atoms with van der Waals surface area (Å²) in [6, 6.07) is 5.11. The molecule has 3 rings (SSSR count). The molecule has 0 spiro atoms. The molecule has 1 atom stereocenters. The van der Waals surface area contributed by atoms with Gasteiger partial charge in [0.05, 0.1) is 5.41 Å². The quantitative estimate of drug-likeness (QED) is 0.928. The van der Waals surface area contributed by atoms with Gasteiger partial charge in [-0.3, -0.25) is 4.79 Å². The maximum Gasteiger partial charge on any atom is 0.329 e. The van der Waals surface area contributed by atoms with Crippen LogP contribution in [0, 0.1) is 0 Å². The van der Waals surface area contributed by atoms with Crippen LogP contribution in [0.3, 0.4) is 0 Å². The molecule has 1 aliphatic heterocycles. The van der Waals surface area contributed by atoms with Gasteiger partial charge in [0.15, 0.2) is 0 Å². The second kappa shape index (κ2) is 4.62. The number of carbonyl (C=O) groups excluding carboxylic acids is 1. The Bertz CT molecular complexity index is 642. The first-order valence-corrected chi connectivity index (χ1v) is 7.58. The molecule has 112 valence electrons. The molecule has 2 aliphatic rings. The molecule has 1 aromatic carbocycles. The van der Waals surface area contributed by atoms with Gasteiger partial charge in [-0.15, -0.1) is 0 Å². The standard InChI is InChI=1S/C15H15Cl2NO3/c1-14(13(20)21)6-7-18(14)12(19)15(4-5-15)10-3-2-9(16)8-11(10)17/h2-3,8H,4-7H2,1H3,(H,20,21). The minimum Gasteiger partial charge on any atom is -0.480 e. The molecule has 1 aliphatic carbocycles. The Morgan fingerprint density at radius 1 is 1.24 bits per heavy atom. The lowest BCUT2D eigenvalue weighted by Gasteiger charge is -2.48. The highest BCUT2D eigenvalue weighted by Gasteiger charge is 2.60.